The van der Waals surface area contributed by atoms with Gasteiger partial charge in [0.25, 0.3) is 0 Å². The predicted molar refractivity (Wildman–Crippen MR) is 101 cm³/mol. The quantitative estimate of drug-likeness (QED) is 0.296. The standard InChI is InChI=1S/C16H30N4O5S/c1-5-9(2)13(15(23)19-10(3)16(24)25)20-12(21)8-18-14(22)11(17)6-7-26-4/h9-11,13H,5-8,17H2,1-4H3,(H,18,22)(H,19,23)(H,20,21)(H,24,25). The number of aliphatic carboxylic acids is 1. The zero-order valence-electron chi connectivity index (χ0n) is 15.7. The second-order valence-corrected chi connectivity index (χ2v) is 7.09. The lowest BCUT2D eigenvalue weighted by Gasteiger charge is -2.24. The number of nitrogens with two attached hydrogens (primary N) is 1. The molecule has 0 heterocycles. The Labute approximate surface area is 158 Å². The first-order valence-electron chi connectivity index (χ1n) is 8.48. The average molecular weight is 391 g/mol. The number of hydrogen-bond acceptors (Lipinski definition) is 6. The first kappa shape index (κ1) is 24.2. The molecule has 3 amide bonds. The van der Waals surface area contributed by atoms with Crippen LogP contribution in [0, 0.1) is 5.92 Å². The third-order valence-corrected chi connectivity index (χ3v) is 4.58. The number of thioether (sulfide) groups is 1. The van der Waals surface area contributed by atoms with Gasteiger partial charge in [-0.25, -0.2) is 0 Å². The van der Waals surface area contributed by atoms with E-state index in [1.165, 1.54) is 6.92 Å². The molecule has 0 fully saturated rings. The lowest BCUT2D eigenvalue weighted by molar-refractivity contribution is -0.142. The molecule has 0 aromatic carbocycles. The normalized spacial score (nSPS) is 15.3. The van der Waals surface area contributed by atoms with Crippen LogP contribution in [0.2, 0.25) is 0 Å². The summed E-state index contributed by atoms with van der Waals surface area (Å²) in [6.45, 7) is 4.66. The van der Waals surface area contributed by atoms with E-state index in [2.05, 4.69) is 16.0 Å². The maximum Gasteiger partial charge on any atom is 0.325 e. The summed E-state index contributed by atoms with van der Waals surface area (Å²) < 4.78 is 0. The first-order chi connectivity index (χ1) is 12.1. The van der Waals surface area contributed by atoms with Gasteiger partial charge in [0.05, 0.1) is 12.6 Å². The molecule has 4 unspecified atom stereocenters. The Kier molecular flexibility index (Phi) is 11.7. The van der Waals surface area contributed by atoms with E-state index >= 15 is 0 Å². The van der Waals surface area contributed by atoms with Crippen molar-refractivity contribution in [3.05, 3.63) is 0 Å². The molecule has 9 nitrogen and oxygen atoms in total. The minimum atomic E-state index is -1.17. The van der Waals surface area contributed by atoms with Crippen molar-refractivity contribution >= 4 is 35.5 Å². The highest BCUT2D eigenvalue weighted by Crippen LogP contribution is 2.08. The number of amides is 3. The Hall–Kier alpha value is -1.81. The van der Waals surface area contributed by atoms with E-state index in [0.29, 0.717) is 12.8 Å². The fourth-order valence-electron chi connectivity index (χ4n) is 1.97. The van der Waals surface area contributed by atoms with Crippen molar-refractivity contribution in [1.29, 1.82) is 0 Å². The molecular formula is C16H30N4O5S. The third kappa shape index (κ3) is 9.04. The highest BCUT2D eigenvalue weighted by Gasteiger charge is 2.28. The lowest BCUT2D eigenvalue weighted by atomic mass is 9.98. The minimum absolute atomic E-state index is 0.209. The van der Waals surface area contributed by atoms with Crippen molar-refractivity contribution in [2.24, 2.45) is 11.7 Å². The number of carbonyl (C=O) groups excluding carboxylic acids is 3. The van der Waals surface area contributed by atoms with Gasteiger partial charge in [0, 0.05) is 0 Å². The van der Waals surface area contributed by atoms with Gasteiger partial charge in [0.2, 0.25) is 17.7 Å². The molecule has 6 N–H and O–H groups in total. The van der Waals surface area contributed by atoms with Crippen LogP contribution in [0.25, 0.3) is 0 Å². The Morgan fingerprint density at radius 2 is 1.73 bits per heavy atom. The lowest BCUT2D eigenvalue weighted by Crippen LogP contribution is -2.55. The molecule has 26 heavy (non-hydrogen) atoms. The van der Waals surface area contributed by atoms with Crippen LogP contribution in [0.3, 0.4) is 0 Å². The van der Waals surface area contributed by atoms with Gasteiger partial charge in [-0.1, -0.05) is 20.3 Å². The van der Waals surface area contributed by atoms with Crippen LogP contribution in [0.1, 0.15) is 33.6 Å². The highest BCUT2D eigenvalue weighted by atomic mass is 32.2. The van der Waals surface area contributed by atoms with Crippen molar-refractivity contribution in [1.82, 2.24) is 16.0 Å². The summed E-state index contributed by atoms with van der Waals surface area (Å²) in [5.74, 6) is -2.19. The smallest absolute Gasteiger partial charge is 0.325 e. The number of hydrogen-bond donors (Lipinski definition) is 5. The summed E-state index contributed by atoms with van der Waals surface area (Å²) in [7, 11) is 0. The van der Waals surface area contributed by atoms with Gasteiger partial charge in [0.1, 0.15) is 12.1 Å². The van der Waals surface area contributed by atoms with Gasteiger partial charge < -0.3 is 26.8 Å². The van der Waals surface area contributed by atoms with Crippen molar-refractivity contribution in [3.63, 3.8) is 0 Å². The second-order valence-electron chi connectivity index (χ2n) is 6.11. The summed E-state index contributed by atoms with van der Waals surface area (Å²) in [6.07, 6.45) is 3.01. The Morgan fingerprint density at radius 1 is 1.12 bits per heavy atom. The highest BCUT2D eigenvalue weighted by molar-refractivity contribution is 7.98. The van der Waals surface area contributed by atoms with E-state index in [9.17, 15) is 19.2 Å². The monoisotopic (exact) mass is 390 g/mol. The molecule has 0 saturated heterocycles. The van der Waals surface area contributed by atoms with Gasteiger partial charge >= 0.3 is 5.97 Å². The number of carbonyl (C=O) groups is 4. The van der Waals surface area contributed by atoms with E-state index in [4.69, 9.17) is 10.8 Å². The van der Waals surface area contributed by atoms with Crippen LogP contribution in [0.15, 0.2) is 0 Å². The van der Waals surface area contributed by atoms with E-state index < -0.39 is 41.8 Å². The van der Waals surface area contributed by atoms with Gasteiger partial charge in [-0.2, -0.15) is 11.8 Å². The van der Waals surface area contributed by atoms with Crippen LogP contribution in [0.5, 0.6) is 0 Å². The van der Waals surface area contributed by atoms with Crippen LogP contribution in [-0.4, -0.2) is 65.5 Å². The zero-order valence-corrected chi connectivity index (χ0v) is 16.5. The SMILES string of the molecule is CCC(C)C(NC(=O)CNC(=O)C(N)CCSC)C(=O)NC(C)C(=O)O. The maximum atomic E-state index is 12.3. The molecule has 0 aliphatic heterocycles. The van der Waals surface area contributed by atoms with Gasteiger partial charge in [-0.3, -0.25) is 19.2 Å². The fourth-order valence-corrected chi connectivity index (χ4v) is 2.46. The minimum Gasteiger partial charge on any atom is -0.480 e. The summed E-state index contributed by atoms with van der Waals surface area (Å²) >= 11 is 1.57. The van der Waals surface area contributed by atoms with Crippen molar-refractivity contribution < 1.29 is 24.3 Å². The molecule has 0 aliphatic rings. The number of rotatable bonds is 12. The molecule has 0 bridgehead atoms. The predicted octanol–water partition coefficient (Wildman–Crippen LogP) is -0.697. The van der Waals surface area contributed by atoms with Gasteiger partial charge in [-0.15, -0.1) is 0 Å². The number of nitrogens with one attached hydrogen (secondary N) is 3. The summed E-state index contributed by atoms with van der Waals surface area (Å²) in [6, 6.07) is -2.66. The summed E-state index contributed by atoms with van der Waals surface area (Å²) in [5.41, 5.74) is 5.72. The molecular weight excluding hydrogens is 360 g/mol. The number of carboxylic acids is 1. The van der Waals surface area contributed by atoms with Gasteiger partial charge in [0.15, 0.2) is 0 Å². The fraction of sp³-hybridized carbons (Fsp3) is 0.750. The van der Waals surface area contributed by atoms with Crippen LogP contribution < -0.4 is 21.7 Å². The molecule has 10 heteroatoms. The molecule has 4 atom stereocenters. The first-order valence-corrected chi connectivity index (χ1v) is 9.88. The van der Waals surface area contributed by atoms with Gasteiger partial charge in [-0.05, 0) is 31.3 Å². The topological polar surface area (TPSA) is 151 Å². The number of carboxylic acid groups (broad SMARTS) is 1. The molecule has 0 aliphatic carbocycles. The molecule has 0 aromatic heterocycles. The maximum absolute atomic E-state index is 12.3. The largest absolute Gasteiger partial charge is 0.480 e. The van der Waals surface area contributed by atoms with E-state index in [1.54, 1.807) is 18.7 Å². The molecule has 0 saturated carbocycles. The third-order valence-electron chi connectivity index (χ3n) is 3.93. The van der Waals surface area contributed by atoms with Crippen LogP contribution in [-0.2, 0) is 19.2 Å². The van der Waals surface area contributed by atoms with Crippen LogP contribution in [0.4, 0.5) is 0 Å². The van der Waals surface area contributed by atoms with Crippen molar-refractivity contribution in [2.45, 2.75) is 51.7 Å². The molecule has 150 valence electrons. The molecule has 0 spiro atoms. The second kappa shape index (κ2) is 12.5. The van der Waals surface area contributed by atoms with E-state index in [-0.39, 0.29) is 12.5 Å². The molecule has 0 rings (SSSR count). The summed E-state index contributed by atoms with van der Waals surface area (Å²) in [4.78, 5) is 47.0. The zero-order chi connectivity index (χ0) is 20.3. The summed E-state index contributed by atoms with van der Waals surface area (Å²) in [5, 5.41) is 16.2. The van der Waals surface area contributed by atoms with Crippen LogP contribution >= 0.6 is 11.8 Å². The van der Waals surface area contributed by atoms with E-state index in [0.717, 1.165) is 5.75 Å². The van der Waals surface area contributed by atoms with E-state index in [1.807, 2.05) is 13.2 Å². The molecule has 0 aromatic rings. The average Bonchev–Trinajstić information content (AvgIpc) is 2.60. The Bertz CT molecular complexity index is 503. The Morgan fingerprint density at radius 3 is 2.23 bits per heavy atom. The molecule has 0 radical (unpaired) electrons. The Balaban J connectivity index is 4.67. The van der Waals surface area contributed by atoms with Crippen molar-refractivity contribution in [2.75, 3.05) is 18.6 Å². The van der Waals surface area contributed by atoms with Crippen molar-refractivity contribution in [3.8, 4) is 0 Å².